The summed E-state index contributed by atoms with van der Waals surface area (Å²) in [5.41, 5.74) is -1.39. The normalized spacial score (nSPS) is 16.7. The maximum absolute atomic E-state index is 13.6. The highest BCUT2D eigenvalue weighted by atomic mass is 19.4. The number of rotatable bonds is 4. The molecule has 2 heterocycles. The number of halogens is 3. The van der Waals surface area contributed by atoms with Crippen LogP contribution in [-0.2, 0) is 9.53 Å². The average Bonchev–Trinajstić information content (AvgIpc) is 3.08. The molecule has 1 atom stereocenters. The summed E-state index contributed by atoms with van der Waals surface area (Å²) >= 11 is 0. The number of fused-ring (bicyclic) bond motifs is 1. The van der Waals surface area contributed by atoms with Crippen LogP contribution in [0, 0.1) is 0 Å². The summed E-state index contributed by atoms with van der Waals surface area (Å²) in [6.45, 7) is 1.46. The van der Waals surface area contributed by atoms with Crippen LogP contribution in [0.4, 0.5) is 19.1 Å². The average molecular weight is 368 g/mol. The highest BCUT2D eigenvalue weighted by Gasteiger charge is 2.46. The molecule has 7 nitrogen and oxygen atoms in total. The summed E-state index contributed by atoms with van der Waals surface area (Å²) < 4.78 is 51.9. The van der Waals surface area contributed by atoms with E-state index in [2.05, 4.69) is 15.4 Å². The fourth-order valence-corrected chi connectivity index (χ4v) is 2.71. The Labute approximate surface area is 146 Å². The molecule has 1 unspecified atom stereocenters. The van der Waals surface area contributed by atoms with Crippen LogP contribution in [0.3, 0.4) is 0 Å². The van der Waals surface area contributed by atoms with E-state index in [9.17, 15) is 18.0 Å². The number of anilines is 1. The van der Waals surface area contributed by atoms with Crippen molar-refractivity contribution in [3.05, 3.63) is 47.4 Å². The van der Waals surface area contributed by atoms with Crippen LogP contribution in [0.5, 0.6) is 5.75 Å². The molecule has 0 spiro atoms. The molecule has 0 radical (unpaired) electrons. The quantitative estimate of drug-likeness (QED) is 0.836. The molecule has 1 aliphatic heterocycles. The Balaban J connectivity index is 2.21. The number of nitrogens with zero attached hydrogens (tertiary/aromatic N) is 3. The van der Waals surface area contributed by atoms with Gasteiger partial charge in [-0.15, -0.1) is 0 Å². The number of allylic oxidation sites excluding steroid dienone is 1. The molecule has 0 saturated carbocycles. The van der Waals surface area contributed by atoms with Gasteiger partial charge in [0.1, 0.15) is 23.8 Å². The molecule has 0 aliphatic carbocycles. The second-order valence-corrected chi connectivity index (χ2v) is 5.34. The minimum absolute atomic E-state index is 0.0625. The summed E-state index contributed by atoms with van der Waals surface area (Å²) in [5.74, 6) is -0.667. The highest BCUT2D eigenvalue weighted by molar-refractivity contribution is 5.92. The Morgan fingerprint density at radius 2 is 2.00 bits per heavy atom. The van der Waals surface area contributed by atoms with E-state index in [0.29, 0.717) is 11.3 Å². The number of aromatic nitrogens is 3. The summed E-state index contributed by atoms with van der Waals surface area (Å²) in [6.07, 6.45) is -3.69. The second-order valence-electron chi connectivity index (χ2n) is 5.34. The Morgan fingerprint density at radius 3 is 2.58 bits per heavy atom. The van der Waals surface area contributed by atoms with Crippen LogP contribution in [0.2, 0.25) is 0 Å². The fraction of sp³-hybridized carbons (Fsp3) is 0.312. The van der Waals surface area contributed by atoms with Crippen molar-refractivity contribution >= 4 is 11.9 Å². The molecule has 138 valence electrons. The van der Waals surface area contributed by atoms with Crippen LogP contribution in [0.25, 0.3) is 0 Å². The predicted molar refractivity (Wildman–Crippen MR) is 84.5 cm³/mol. The number of esters is 1. The first kappa shape index (κ1) is 17.8. The first-order valence-corrected chi connectivity index (χ1v) is 7.65. The summed E-state index contributed by atoms with van der Waals surface area (Å²) in [7, 11) is 1.47. The van der Waals surface area contributed by atoms with Gasteiger partial charge in [-0.05, 0) is 24.6 Å². The number of carbonyl (C=O) groups is 1. The van der Waals surface area contributed by atoms with Crippen LogP contribution < -0.4 is 10.1 Å². The Hall–Kier alpha value is -3.04. The first-order chi connectivity index (χ1) is 12.4. The van der Waals surface area contributed by atoms with Gasteiger partial charge in [0.05, 0.1) is 19.3 Å². The maximum Gasteiger partial charge on any atom is 0.431 e. The van der Waals surface area contributed by atoms with Crippen LogP contribution in [0.1, 0.15) is 18.5 Å². The molecule has 26 heavy (non-hydrogen) atoms. The zero-order valence-corrected chi connectivity index (χ0v) is 13.9. The van der Waals surface area contributed by atoms with Gasteiger partial charge in [-0.3, -0.25) is 0 Å². The molecule has 2 aromatic rings. The summed E-state index contributed by atoms with van der Waals surface area (Å²) in [6, 6.07) is 5.16. The number of ether oxygens (including phenoxy) is 2. The number of benzene rings is 1. The lowest BCUT2D eigenvalue weighted by Gasteiger charge is -2.30. The highest BCUT2D eigenvalue weighted by Crippen LogP contribution is 2.41. The van der Waals surface area contributed by atoms with E-state index >= 15 is 0 Å². The van der Waals surface area contributed by atoms with E-state index in [1.807, 2.05) is 0 Å². The Kier molecular flexibility index (Phi) is 4.58. The standard InChI is InChI=1S/C16H15F3N4O3/c1-3-26-14(24)11-12(9-4-6-10(25-2)7-5-9)23-15(20-8-21-23)22-13(11)16(17,18)19/h4-8,12H,3H2,1-2H3,(H,20,21,22). The van der Waals surface area contributed by atoms with Gasteiger partial charge in [0.15, 0.2) is 0 Å². The minimum atomic E-state index is -4.80. The summed E-state index contributed by atoms with van der Waals surface area (Å²) in [4.78, 5) is 16.2. The SMILES string of the molecule is CCOC(=O)C1=C(C(F)(F)F)Nc2ncnn2C1c1ccc(OC)cc1. The van der Waals surface area contributed by atoms with Crippen molar-refractivity contribution in [2.24, 2.45) is 0 Å². The van der Waals surface area contributed by atoms with Gasteiger partial charge in [-0.2, -0.15) is 23.3 Å². The van der Waals surface area contributed by atoms with Crippen molar-refractivity contribution in [1.82, 2.24) is 14.8 Å². The van der Waals surface area contributed by atoms with E-state index in [0.717, 1.165) is 6.33 Å². The monoisotopic (exact) mass is 368 g/mol. The topological polar surface area (TPSA) is 78.3 Å². The van der Waals surface area contributed by atoms with E-state index in [1.165, 1.54) is 18.7 Å². The Bertz CT molecular complexity index is 843. The number of nitrogens with one attached hydrogen (secondary N) is 1. The third-order valence-electron chi connectivity index (χ3n) is 3.81. The molecule has 1 aromatic carbocycles. The van der Waals surface area contributed by atoms with E-state index in [-0.39, 0.29) is 12.6 Å². The third kappa shape index (κ3) is 3.09. The van der Waals surface area contributed by atoms with Crippen molar-refractivity contribution in [3.63, 3.8) is 0 Å². The van der Waals surface area contributed by atoms with Crippen molar-refractivity contribution in [1.29, 1.82) is 0 Å². The minimum Gasteiger partial charge on any atom is -0.497 e. The molecular formula is C16H15F3N4O3. The van der Waals surface area contributed by atoms with Gasteiger partial charge in [-0.1, -0.05) is 12.1 Å². The van der Waals surface area contributed by atoms with Crippen molar-refractivity contribution in [3.8, 4) is 5.75 Å². The number of methoxy groups -OCH3 is 1. The molecule has 0 saturated heterocycles. The third-order valence-corrected chi connectivity index (χ3v) is 3.81. The van der Waals surface area contributed by atoms with Crippen LogP contribution in [-0.4, -0.2) is 40.6 Å². The maximum atomic E-state index is 13.6. The summed E-state index contributed by atoms with van der Waals surface area (Å²) in [5, 5.41) is 6.12. The largest absolute Gasteiger partial charge is 0.497 e. The first-order valence-electron chi connectivity index (χ1n) is 7.65. The van der Waals surface area contributed by atoms with Gasteiger partial charge in [0.25, 0.3) is 0 Å². The van der Waals surface area contributed by atoms with Gasteiger partial charge >= 0.3 is 12.1 Å². The molecule has 10 heteroatoms. The molecule has 3 rings (SSSR count). The molecule has 0 bridgehead atoms. The lowest BCUT2D eigenvalue weighted by molar-refractivity contribution is -0.140. The van der Waals surface area contributed by atoms with Crippen LogP contribution in [0.15, 0.2) is 41.9 Å². The molecule has 1 N–H and O–H groups in total. The molecule has 0 fully saturated rings. The predicted octanol–water partition coefficient (Wildman–Crippen LogP) is 2.68. The van der Waals surface area contributed by atoms with Crippen molar-refractivity contribution < 1.29 is 27.4 Å². The number of hydrogen-bond donors (Lipinski definition) is 1. The molecular weight excluding hydrogens is 353 g/mol. The molecule has 1 aliphatic rings. The number of carbonyl (C=O) groups excluding carboxylic acids is 1. The molecule has 1 aromatic heterocycles. The number of alkyl halides is 3. The van der Waals surface area contributed by atoms with Gasteiger partial charge in [0, 0.05) is 0 Å². The lowest BCUT2D eigenvalue weighted by atomic mass is 9.95. The number of hydrogen-bond acceptors (Lipinski definition) is 6. The van der Waals surface area contributed by atoms with Gasteiger partial charge in [0.2, 0.25) is 5.95 Å². The van der Waals surface area contributed by atoms with E-state index < -0.39 is 29.5 Å². The van der Waals surface area contributed by atoms with E-state index in [1.54, 1.807) is 24.3 Å². The van der Waals surface area contributed by atoms with Gasteiger partial charge in [-0.25, -0.2) is 9.48 Å². The van der Waals surface area contributed by atoms with E-state index in [4.69, 9.17) is 9.47 Å². The lowest BCUT2D eigenvalue weighted by Crippen LogP contribution is -2.35. The second kappa shape index (κ2) is 6.70. The molecule has 0 amide bonds. The Morgan fingerprint density at radius 1 is 1.31 bits per heavy atom. The fourth-order valence-electron chi connectivity index (χ4n) is 2.71. The zero-order valence-electron chi connectivity index (χ0n) is 13.9. The van der Waals surface area contributed by atoms with Crippen LogP contribution >= 0.6 is 0 Å². The van der Waals surface area contributed by atoms with Gasteiger partial charge < -0.3 is 14.8 Å². The van der Waals surface area contributed by atoms with Crippen molar-refractivity contribution in [2.75, 3.05) is 19.0 Å². The smallest absolute Gasteiger partial charge is 0.431 e. The van der Waals surface area contributed by atoms with Crippen molar-refractivity contribution in [2.45, 2.75) is 19.1 Å². The zero-order chi connectivity index (χ0) is 18.9.